The van der Waals surface area contributed by atoms with E-state index in [0.717, 1.165) is 25.1 Å². The van der Waals surface area contributed by atoms with Gasteiger partial charge in [-0.2, -0.15) is 0 Å². The molecule has 0 saturated carbocycles. The number of ether oxygens (including phenoxy) is 1. The molecule has 1 spiro atoms. The Kier molecular flexibility index (Phi) is 6.11. The molecule has 3 rings (SSSR count). The van der Waals surface area contributed by atoms with Crippen molar-refractivity contribution in [2.45, 2.75) is 50.7 Å². The Morgan fingerprint density at radius 3 is 2.70 bits per heavy atom. The van der Waals surface area contributed by atoms with E-state index in [0.29, 0.717) is 31.4 Å². The number of nitrogens with one attached hydrogen (secondary N) is 1. The number of rotatable bonds is 6. The SMILES string of the molecule is CCCCN(C)c1ccc(C(=O)NC2CCOC3(CCS(=O)(=O)C3)C2)cc1. The van der Waals surface area contributed by atoms with Gasteiger partial charge in [0.25, 0.3) is 5.91 Å². The first-order chi connectivity index (χ1) is 12.8. The van der Waals surface area contributed by atoms with Gasteiger partial charge in [0.05, 0.1) is 17.1 Å². The Bertz CT molecular complexity index is 763. The number of amides is 1. The van der Waals surface area contributed by atoms with E-state index in [1.165, 1.54) is 0 Å². The Morgan fingerprint density at radius 2 is 2.07 bits per heavy atom. The van der Waals surface area contributed by atoms with Crippen molar-refractivity contribution in [1.29, 1.82) is 0 Å². The largest absolute Gasteiger partial charge is 0.375 e. The number of carbonyl (C=O) groups excluding carboxylic acids is 1. The maximum absolute atomic E-state index is 12.6. The third-order valence-electron chi connectivity index (χ3n) is 5.60. The number of carbonyl (C=O) groups is 1. The van der Waals surface area contributed by atoms with Gasteiger partial charge in [0.2, 0.25) is 0 Å². The van der Waals surface area contributed by atoms with Crippen LogP contribution in [-0.4, -0.2) is 57.7 Å². The summed E-state index contributed by atoms with van der Waals surface area (Å²) >= 11 is 0. The Morgan fingerprint density at radius 1 is 1.33 bits per heavy atom. The average molecular weight is 395 g/mol. The number of nitrogens with zero attached hydrogens (tertiary/aromatic N) is 1. The summed E-state index contributed by atoms with van der Waals surface area (Å²) in [6.07, 6.45) is 4.10. The number of hydrogen-bond donors (Lipinski definition) is 1. The molecule has 27 heavy (non-hydrogen) atoms. The molecule has 2 atom stereocenters. The lowest BCUT2D eigenvalue weighted by Gasteiger charge is -2.37. The molecule has 150 valence electrons. The number of benzene rings is 1. The summed E-state index contributed by atoms with van der Waals surface area (Å²) in [6, 6.07) is 7.59. The second-order valence-corrected chi connectivity index (χ2v) is 10.0. The molecule has 0 bridgehead atoms. The van der Waals surface area contributed by atoms with Crippen LogP contribution >= 0.6 is 0 Å². The molecule has 1 N–H and O–H groups in total. The molecule has 2 unspecified atom stereocenters. The quantitative estimate of drug-likeness (QED) is 0.802. The first kappa shape index (κ1) is 20.1. The van der Waals surface area contributed by atoms with Crippen LogP contribution in [0.1, 0.15) is 49.4 Å². The first-order valence-electron chi connectivity index (χ1n) is 9.79. The molecular formula is C20H30N2O4S. The second kappa shape index (κ2) is 8.19. The lowest BCUT2D eigenvalue weighted by molar-refractivity contribution is -0.0690. The summed E-state index contributed by atoms with van der Waals surface area (Å²) in [4.78, 5) is 14.8. The van der Waals surface area contributed by atoms with Gasteiger partial charge in [-0.3, -0.25) is 4.79 Å². The van der Waals surface area contributed by atoms with Gasteiger partial charge >= 0.3 is 0 Å². The van der Waals surface area contributed by atoms with E-state index in [1.54, 1.807) is 0 Å². The van der Waals surface area contributed by atoms with Gasteiger partial charge in [-0.1, -0.05) is 13.3 Å². The molecule has 1 amide bonds. The molecule has 2 fully saturated rings. The van der Waals surface area contributed by atoms with Crippen LogP contribution in [0.4, 0.5) is 5.69 Å². The van der Waals surface area contributed by atoms with E-state index >= 15 is 0 Å². The minimum absolute atomic E-state index is 0.0496. The van der Waals surface area contributed by atoms with E-state index in [4.69, 9.17) is 4.74 Å². The highest BCUT2D eigenvalue weighted by Gasteiger charge is 2.46. The van der Waals surface area contributed by atoms with E-state index in [9.17, 15) is 13.2 Å². The van der Waals surface area contributed by atoms with Gasteiger partial charge in [0.1, 0.15) is 0 Å². The van der Waals surface area contributed by atoms with E-state index in [-0.39, 0.29) is 23.5 Å². The minimum atomic E-state index is -3.02. The van der Waals surface area contributed by atoms with Crippen molar-refractivity contribution < 1.29 is 17.9 Å². The zero-order valence-corrected chi connectivity index (χ0v) is 17.1. The number of hydrogen-bond acceptors (Lipinski definition) is 5. The average Bonchev–Trinajstić information content (AvgIpc) is 2.93. The van der Waals surface area contributed by atoms with Crippen molar-refractivity contribution in [2.24, 2.45) is 0 Å². The second-order valence-electron chi connectivity index (χ2n) is 7.86. The topological polar surface area (TPSA) is 75.7 Å². The van der Waals surface area contributed by atoms with Crippen molar-refractivity contribution in [3.63, 3.8) is 0 Å². The predicted octanol–water partition coefficient (Wildman–Crippen LogP) is 2.39. The van der Waals surface area contributed by atoms with Crippen LogP contribution in [-0.2, 0) is 14.6 Å². The smallest absolute Gasteiger partial charge is 0.251 e. The molecule has 0 aliphatic carbocycles. The lowest BCUT2D eigenvalue weighted by atomic mass is 9.89. The van der Waals surface area contributed by atoms with Crippen LogP contribution < -0.4 is 10.2 Å². The number of sulfone groups is 1. The highest BCUT2D eigenvalue weighted by atomic mass is 32.2. The first-order valence-corrected chi connectivity index (χ1v) is 11.6. The highest BCUT2D eigenvalue weighted by Crippen LogP contribution is 2.35. The van der Waals surface area contributed by atoms with Gasteiger partial charge in [-0.05, 0) is 49.9 Å². The monoisotopic (exact) mass is 394 g/mol. The Hall–Kier alpha value is -1.60. The van der Waals surface area contributed by atoms with E-state index in [1.807, 2.05) is 24.3 Å². The molecule has 0 radical (unpaired) electrons. The van der Waals surface area contributed by atoms with E-state index in [2.05, 4.69) is 24.2 Å². The molecular weight excluding hydrogens is 364 g/mol. The molecule has 2 aliphatic rings. The van der Waals surface area contributed by atoms with Crippen molar-refractivity contribution in [3.8, 4) is 0 Å². The minimum Gasteiger partial charge on any atom is -0.375 e. The number of anilines is 1. The lowest BCUT2D eigenvalue weighted by Crippen LogP contribution is -2.49. The van der Waals surface area contributed by atoms with Gasteiger partial charge in [0, 0.05) is 37.5 Å². The molecule has 1 aromatic carbocycles. The molecule has 2 aliphatic heterocycles. The molecule has 0 aromatic heterocycles. The molecule has 7 heteroatoms. The summed E-state index contributed by atoms with van der Waals surface area (Å²) in [7, 11) is -0.963. The van der Waals surface area contributed by atoms with Crippen molar-refractivity contribution in [2.75, 3.05) is 36.6 Å². The summed E-state index contributed by atoms with van der Waals surface area (Å²) in [6.45, 7) is 3.65. The van der Waals surface area contributed by atoms with Crippen molar-refractivity contribution >= 4 is 21.4 Å². The normalized spacial score (nSPS) is 26.8. The zero-order valence-electron chi connectivity index (χ0n) is 16.2. The van der Waals surface area contributed by atoms with Crippen LogP contribution in [0.2, 0.25) is 0 Å². The van der Waals surface area contributed by atoms with Crippen LogP contribution in [0.3, 0.4) is 0 Å². The third-order valence-corrected chi connectivity index (χ3v) is 7.39. The Balaban J connectivity index is 1.58. The zero-order chi connectivity index (χ0) is 19.5. The molecule has 2 heterocycles. The standard InChI is InChI=1S/C20H30N2O4S/c1-3-4-11-22(2)18-7-5-16(6-8-18)19(23)21-17-9-12-26-20(14-17)10-13-27(24,25)15-20/h5-8,17H,3-4,9-15H2,1-2H3,(H,21,23). The van der Waals surface area contributed by atoms with Gasteiger partial charge < -0.3 is 15.0 Å². The molecule has 1 aromatic rings. The van der Waals surface area contributed by atoms with Crippen molar-refractivity contribution in [3.05, 3.63) is 29.8 Å². The fourth-order valence-corrected chi connectivity index (χ4v) is 5.95. The Labute approximate surface area is 162 Å². The van der Waals surface area contributed by atoms with Crippen LogP contribution in [0.15, 0.2) is 24.3 Å². The fraction of sp³-hybridized carbons (Fsp3) is 0.650. The fourth-order valence-electron chi connectivity index (χ4n) is 3.97. The summed E-state index contributed by atoms with van der Waals surface area (Å²) in [5, 5.41) is 3.07. The van der Waals surface area contributed by atoms with Crippen LogP contribution in [0.5, 0.6) is 0 Å². The summed E-state index contributed by atoms with van der Waals surface area (Å²) < 4.78 is 29.5. The van der Waals surface area contributed by atoms with Crippen molar-refractivity contribution in [1.82, 2.24) is 5.32 Å². The van der Waals surface area contributed by atoms with E-state index < -0.39 is 15.4 Å². The molecule has 6 nitrogen and oxygen atoms in total. The summed E-state index contributed by atoms with van der Waals surface area (Å²) in [5.74, 6) is 0.145. The van der Waals surface area contributed by atoms with Gasteiger partial charge in [-0.25, -0.2) is 8.42 Å². The van der Waals surface area contributed by atoms with Gasteiger partial charge in [0.15, 0.2) is 9.84 Å². The number of unbranched alkanes of at least 4 members (excludes halogenated alkanes) is 1. The third kappa shape index (κ3) is 5.02. The highest BCUT2D eigenvalue weighted by molar-refractivity contribution is 7.91. The summed E-state index contributed by atoms with van der Waals surface area (Å²) in [5.41, 5.74) is 1.12. The van der Waals surface area contributed by atoms with Crippen LogP contribution in [0, 0.1) is 0 Å². The molecule has 2 saturated heterocycles. The predicted molar refractivity (Wildman–Crippen MR) is 107 cm³/mol. The van der Waals surface area contributed by atoms with Crippen LogP contribution in [0.25, 0.3) is 0 Å². The maximum atomic E-state index is 12.6. The van der Waals surface area contributed by atoms with Gasteiger partial charge in [-0.15, -0.1) is 0 Å². The maximum Gasteiger partial charge on any atom is 0.251 e.